The van der Waals surface area contributed by atoms with Gasteiger partial charge in [-0.15, -0.1) is 0 Å². The molecule has 0 radical (unpaired) electrons. The van der Waals surface area contributed by atoms with Crippen LogP contribution in [-0.2, 0) is 20.8 Å². The highest BCUT2D eigenvalue weighted by Crippen LogP contribution is 2.12. The first-order chi connectivity index (χ1) is 8.71. The maximum absolute atomic E-state index is 11.6. The van der Waals surface area contributed by atoms with E-state index in [0.29, 0.717) is 13.0 Å². The lowest BCUT2D eigenvalue weighted by molar-refractivity contribution is -0.135. The molecular formula is C13H17NO4. The quantitative estimate of drug-likeness (QED) is 0.439. The minimum Gasteiger partial charge on any atom is -0.497 e. The van der Waals surface area contributed by atoms with Gasteiger partial charge in [-0.2, -0.15) is 0 Å². The number of hydrogen-bond donors (Lipinski definition) is 0. The minimum absolute atomic E-state index is 0.240. The summed E-state index contributed by atoms with van der Waals surface area (Å²) in [5.74, 6) is 0.301. The predicted octanol–water partition coefficient (Wildman–Crippen LogP) is 1.80. The molecule has 0 saturated carbocycles. The van der Waals surface area contributed by atoms with E-state index in [1.807, 2.05) is 24.3 Å². The normalized spacial score (nSPS) is 10.9. The summed E-state index contributed by atoms with van der Waals surface area (Å²) < 4.78 is 9.96. The van der Waals surface area contributed by atoms with Gasteiger partial charge in [0.15, 0.2) is 5.71 Å². The van der Waals surface area contributed by atoms with E-state index < -0.39 is 5.97 Å². The summed E-state index contributed by atoms with van der Waals surface area (Å²) in [5, 5.41) is 3.69. The summed E-state index contributed by atoms with van der Waals surface area (Å²) in [4.78, 5) is 16.3. The number of rotatable bonds is 6. The number of nitrogens with zero attached hydrogens (tertiary/aromatic N) is 1. The van der Waals surface area contributed by atoms with Crippen molar-refractivity contribution in [2.75, 3.05) is 20.8 Å². The zero-order chi connectivity index (χ0) is 13.4. The van der Waals surface area contributed by atoms with E-state index in [9.17, 15) is 4.79 Å². The Labute approximate surface area is 106 Å². The van der Waals surface area contributed by atoms with Crippen molar-refractivity contribution in [1.29, 1.82) is 0 Å². The van der Waals surface area contributed by atoms with Gasteiger partial charge in [0.2, 0.25) is 0 Å². The second-order valence-corrected chi connectivity index (χ2v) is 3.47. The van der Waals surface area contributed by atoms with Crippen molar-refractivity contribution in [2.45, 2.75) is 13.3 Å². The van der Waals surface area contributed by atoms with Crippen LogP contribution in [0.1, 0.15) is 12.5 Å². The Morgan fingerprint density at radius 3 is 2.39 bits per heavy atom. The first-order valence-corrected chi connectivity index (χ1v) is 5.61. The van der Waals surface area contributed by atoms with Crippen LogP contribution in [0.4, 0.5) is 0 Å². The molecule has 5 heteroatoms. The topological polar surface area (TPSA) is 57.1 Å². The summed E-state index contributed by atoms with van der Waals surface area (Å²) in [6.45, 7) is 2.06. The summed E-state index contributed by atoms with van der Waals surface area (Å²) in [5.41, 5.74) is 1.17. The molecule has 0 heterocycles. The van der Waals surface area contributed by atoms with Crippen molar-refractivity contribution in [3.63, 3.8) is 0 Å². The molecule has 18 heavy (non-hydrogen) atoms. The number of hydrogen-bond acceptors (Lipinski definition) is 5. The van der Waals surface area contributed by atoms with Crippen LogP contribution in [0.2, 0.25) is 0 Å². The number of carbonyl (C=O) groups is 1. The summed E-state index contributed by atoms with van der Waals surface area (Å²) in [6.07, 6.45) is 0.358. The zero-order valence-electron chi connectivity index (χ0n) is 10.8. The fraction of sp³-hybridized carbons (Fsp3) is 0.385. The predicted molar refractivity (Wildman–Crippen MR) is 67.8 cm³/mol. The maximum atomic E-state index is 11.6. The molecule has 0 fully saturated rings. The molecule has 0 aromatic heterocycles. The minimum atomic E-state index is -0.463. The lowest BCUT2D eigenvalue weighted by atomic mass is 10.1. The number of oxime groups is 1. The lowest BCUT2D eigenvalue weighted by Gasteiger charge is -2.06. The fourth-order valence-electron chi connectivity index (χ4n) is 1.40. The van der Waals surface area contributed by atoms with E-state index in [0.717, 1.165) is 11.3 Å². The maximum Gasteiger partial charge on any atom is 0.356 e. The van der Waals surface area contributed by atoms with Crippen molar-refractivity contribution < 1.29 is 19.1 Å². The van der Waals surface area contributed by atoms with Gasteiger partial charge in [0.25, 0.3) is 0 Å². The molecular weight excluding hydrogens is 234 g/mol. The monoisotopic (exact) mass is 251 g/mol. The standard InChI is InChI=1S/C13H17NO4/c1-4-18-13(15)12(14-17-3)9-10-5-7-11(16-2)8-6-10/h5-8H,4,9H2,1-3H3/b14-12+. The Morgan fingerprint density at radius 1 is 1.22 bits per heavy atom. The molecule has 1 aromatic carbocycles. The average Bonchev–Trinajstić information content (AvgIpc) is 2.39. The number of esters is 1. The van der Waals surface area contributed by atoms with E-state index in [4.69, 9.17) is 9.47 Å². The SMILES string of the molecule is CCOC(=O)/C(Cc1ccc(OC)cc1)=N/OC. The fourth-order valence-corrected chi connectivity index (χ4v) is 1.40. The molecule has 0 amide bonds. The van der Waals surface area contributed by atoms with Gasteiger partial charge in [-0.1, -0.05) is 17.3 Å². The van der Waals surface area contributed by atoms with Crippen LogP contribution in [0.25, 0.3) is 0 Å². The Morgan fingerprint density at radius 2 is 1.89 bits per heavy atom. The number of carbonyl (C=O) groups excluding carboxylic acids is 1. The first kappa shape index (κ1) is 14.0. The largest absolute Gasteiger partial charge is 0.497 e. The van der Waals surface area contributed by atoms with Gasteiger partial charge in [0, 0.05) is 6.42 Å². The van der Waals surface area contributed by atoms with Gasteiger partial charge in [0.05, 0.1) is 13.7 Å². The average molecular weight is 251 g/mol. The van der Waals surface area contributed by atoms with Crippen molar-refractivity contribution in [3.8, 4) is 5.75 Å². The molecule has 0 aliphatic carbocycles. The third kappa shape index (κ3) is 4.08. The van der Waals surface area contributed by atoms with Gasteiger partial charge in [-0.25, -0.2) is 4.79 Å². The third-order valence-electron chi connectivity index (χ3n) is 2.24. The van der Waals surface area contributed by atoms with Gasteiger partial charge < -0.3 is 14.3 Å². The Bertz CT molecular complexity index is 412. The number of ether oxygens (including phenoxy) is 2. The Kier molecular flexibility index (Phi) is 5.70. The molecule has 1 aromatic rings. The highest BCUT2D eigenvalue weighted by atomic mass is 16.6. The number of methoxy groups -OCH3 is 1. The van der Waals surface area contributed by atoms with E-state index in [1.165, 1.54) is 7.11 Å². The van der Waals surface area contributed by atoms with Crippen LogP contribution in [0.5, 0.6) is 5.75 Å². The van der Waals surface area contributed by atoms with Crippen molar-refractivity contribution in [1.82, 2.24) is 0 Å². The molecule has 5 nitrogen and oxygen atoms in total. The highest BCUT2D eigenvalue weighted by molar-refractivity contribution is 6.36. The van der Waals surface area contributed by atoms with Gasteiger partial charge in [-0.05, 0) is 24.6 Å². The Balaban J connectivity index is 2.76. The summed E-state index contributed by atoms with van der Waals surface area (Å²) in [7, 11) is 3.00. The zero-order valence-corrected chi connectivity index (χ0v) is 10.8. The van der Waals surface area contributed by atoms with E-state index in [1.54, 1.807) is 14.0 Å². The highest BCUT2D eigenvalue weighted by Gasteiger charge is 2.14. The van der Waals surface area contributed by atoms with Crippen LogP contribution in [0.3, 0.4) is 0 Å². The second-order valence-electron chi connectivity index (χ2n) is 3.47. The Hall–Kier alpha value is -2.04. The van der Waals surface area contributed by atoms with Gasteiger partial charge in [-0.3, -0.25) is 0 Å². The van der Waals surface area contributed by atoms with Crippen molar-refractivity contribution >= 4 is 11.7 Å². The molecule has 0 atom stereocenters. The van der Waals surface area contributed by atoms with Gasteiger partial charge >= 0.3 is 5.97 Å². The van der Waals surface area contributed by atoms with Crippen LogP contribution in [0, 0.1) is 0 Å². The molecule has 0 unspecified atom stereocenters. The van der Waals surface area contributed by atoms with Crippen LogP contribution >= 0.6 is 0 Å². The number of benzene rings is 1. The van der Waals surface area contributed by atoms with Gasteiger partial charge in [0.1, 0.15) is 12.9 Å². The molecule has 0 bridgehead atoms. The summed E-state index contributed by atoms with van der Waals surface area (Å²) in [6, 6.07) is 7.38. The van der Waals surface area contributed by atoms with Crippen molar-refractivity contribution in [3.05, 3.63) is 29.8 Å². The van der Waals surface area contributed by atoms with E-state index >= 15 is 0 Å². The molecule has 0 saturated heterocycles. The molecule has 1 rings (SSSR count). The second kappa shape index (κ2) is 7.32. The molecule has 0 N–H and O–H groups in total. The molecule has 0 spiro atoms. The van der Waals surface area contributed by atoms with Crippen molar-refractivity contribution in [2.24, 2.45) is 5.16 Å². The molecule has 0 aliphatic heterocycles. The summed E-state index contributed by atoms with van der Waals surface area (Å²) >= 11 is 0. The van der Waals surface area contributed by atoms with E-state index in [2.05, 4.69) is 9.99 Å². The molecule has 98 valence electrons. The lowest BCUT2D eigenvalue weighted by Crippen LogP contribution is -2.20. The smallest absolute Gasteiger partial charge is 0.356 e. The third-order valence-corrected chi connectivity index (χ3v) is 2.24. The van der Waals surface area contributed by atoms with Crippen LogP contribution in [-0.4, -0.2) is 32.5 Å². The van der Waals surface area contributed by atoms with Crippen LogP contribution < -0.4 is 4.74 Å². The molecule has 0 aliphatic rings. The van der Waals surface area contributed by atoms with E-state index in [-0.39, 0.29) is 5.71 Å². The first-order valence-electron chi connectivity index (χ1n) is 5.61. The van der Waals surface area contributed by atoms with Crippen LogP contribution in [0.15, 0.2) is 29.4 Å².